The summed E-state index contributed by atoms with van der Waals surface area (Å²) in [4.78, 5) is 0. The van der Waals surface area contributed by atoms with Crippen molar-refractivity contribution >= 4 is 11.7 Å². The van der Waals surface area contributed by atoms with E-state index in [0.717, 1.165) is 48.8 Å². The van der Waals surface area contributed by atoms with Crippen LogP contribution < -0.4 is 35.4 Å². The van der Waals surface area contributed by atoms with E-state index < -0.39 is 0 Å². The third-order valence-corrected chi connectivity index (χ3v) is 5.73. The average molecular weight is 457 g/mol. The van der Waals surface area contributed by atoms with Crippen LogP contribution in [0.3, 0.4) is 0 Å². The Hall–Kier alpha value is -2.76. The molecule has 7 heteroatoms. The molecule has 0 aliphatic carbocycles. The highest BCUT2D eigenvalue weighted by atomic mass is 35.5. The van der Waals surface area contributed by atoms with Crippen molar-refractivity contribution in [3.63, 3.8) is 0 Å². The molecule has 162 valence electrons. The van der Waals surface area contributed by atoms with Crippen molar-refractivity contribution in [1.82, 2.24) is 10.6 Å². The number of amidine groups is 2. The average Bonchev–Trinajstić information content (AvgIpc) is 3.49. The van der Waals surface area contributed by atoms with Crippen LogP contribution in [-0.4, -0.2) is 61.1 Å². The zero-order valence-electron chi connectivity index (χ0n) is 17.7. The summed E-state index contributed by atoms with van der Waals surface area (Å²) in [6, 6.07) is 21.2. The molecule has 3 aromatic rings. The van der Waals surface area contributed by atoms with Crippen LogP contribution in [0.25, 0.3) is 22.6 Å². The summed E-state index contributed by atoms with van der Waals surface area (Å²) >= 11 is 0. The molecule has 0 radical (unpaired) electrons. The van der Waals surface area contributed by atoms with Gasteiger partial charge in [-0.25, -0.2) is 0 Å². The second-order valence-corrected chi connectivity index (χ2v) is 7.71. The lowest BCUT2D eigenvalue weighted by Crippen LogP contribution is -3.00. The maximum Gasteiger partial charge on any atom is 0.277 e. The van der Waals surface area contributed by atoms with Gasteiger partial charge in [-0.05, 0) is 36.4 Å². The maximum absolute atomic E-state index is 6.16. The van der Waals surface area contributed by atoms with Crippen molar-refractivity contribution < 1.29 is 38.4 Å². The van der Waals surface area contributed by atoms with Gasteiger partial charge in [0.2, 0.25) is 0 Å². The molecule has 0 saturated carbocycles. The fourth-order valence-electron chi connectivity index (χ4n) is 4.06. The summed E-state index contributed by atoms with van der Waals surface area (Å²) in [5, 5.41) is 6.89. The fourth-order valence-corrected chi connectivity index (χ4v) is 4.06. The Morgan fingerprint density at radius 2 is 0.935 bits per heavy atom. The van der Waals surface area contributed by atoms with Crippen molar-refractivity contribution in [2.24, 2.45) is 0 Å². The van der Waals surface area contributed by atoms with Gasteiger partial charge in [0.25, 0.3) is 11.7 Å². The molecule has 0 unspecified atom stereocenters. The summed E-state index contributed by atoms with van der Waals surface area (Å²) in [6.45, 7) is 4.09. The Morgan fingerprint density at radius 3 is 1.26 bits per heavy atom. The maximum atomic E-state index is 6.16. The van der Waals surface area contributed by atoms with E-state index in [1.54, 1.807) is 0 Å². The molecule has 5 nitrogen and oxygen atoms in total. The highest BCUT2D eigenvalue weighted by Gasteiger charge is 2.21. The number of furan rings is 1. The van der Waals surface area contributed by atoms with Crippen LogP contribution in [0.4, 0.5) is 0 Å². The van der Waals surface area contributed by atoms with Crippen LogP contribution in [0.5, 0.6) is 0 Å². The van der Waals surface area contributed by atoms with Crippen molar-refractivity contribution in [3.8, 4) is 22.6 Å². The molecule has 1 aromatic heterocycles. The van der Waals surface area contributed by atoms with Gasteiger partial charge in [0.1, 0.15) is 37.7 Å². The molecule has 0 fully saturated rings. The molecule has 2 aliphatic heterocycles. The minimum Gasteiger partial charge on any atom is -1.00 e. The minimum absolute atomic E-state index is 0. The summed E-state index contributed by atoms with van der Waals surface area (Å²) in [5.41, 5.74) is 4.59. The van der Waals surface area contributed by atoms with Gasteiger partial charge in [0.05, 0.1) is 25.2 Å². The van der Waals surface area contributed by atoms with Crippen LogP contribution >= 0.6 is 0 Å². The van der Waals surface area contributed by atoms with E-state index in [0.29, 0.717) is 0 Å². The molecule has 0 amide bonds. The molecule has 2 aromatic carbocycles. The van der Waals surface area contributed by atoms with Crippen LogP contribution in [0, 0.1) is 0 Å². The van der Waals surface area contributed by atoms with E-state index in [1.807, 2.05) is 12.1 Å². The largest absolute Gasteiger partial charge is 1.00 e. The van der Waals surface area contributed by atoms with E-state index in [-0.39, 0.29) is 24.8 Å². The number of nitrogens with zero attached hydrogens (tertiary/aromatic N) is 2. The first-order chi connectivity index (χ1) is 14.2. The molecule has 2 aliphatic rings. The van der Waals surface area contributed by atoms with Crippen molar-refractivity contribution in [3.05, 3.63) is 71.8 Å². The van der Waals surface area contributed by atoms with Gasteiger partial charge in [-0.2, -0.15) is 0 Å². The smallest absolute Gasteiger partial charge is 0.277 e. The normalized spacial score (nSPS) is 15.3. The highest BCUT2D eigenvalue weighted by Crippen LogP contribution is 2.29. The number of rotatable bonds is 4. The van der Waals surface area contributed by atoms with Gasteiger partial charge in [0, 0.05) is 11.1 Å². The van der Waals surface area contributed by atoms with Crippen molar-refractivity contribution in [2.75, 3.05) is 40.3 Å². The van der Waals surface area contributed by atoms with Crippen LogP contribution in [0.2, 0.25) is 0 Å². The Bertz CT molecular complexity index is 1030. The fraction of sp³-hybridized carbons (Fsp3) is 0.250. The zero-order chi connectivity index (χ0) is 19.8. The van der Waals surface area contributed by atoms with Gasteiger partial charge in [-0.15, -0.1) is 0 Å². The Labute approximate surface area is 195 Å². The van der Waals surface area contributed by atoms with E-state index in [4.69, 9.17) is 4.42 Å². The lowest BCUT2D eigenvalue weighted by atomic mass is 10.1. The zero-order valence-corrected chi connectivity index (χ0v) is 19.2. The van der Waals surface area contributed by atoms with E-state index >= 15 is 0 Å². The molecule has 31 heavy (non-hydrogen) atoms. The summed E-state index contributed by atoms with van der Waals surface area (Å²) in [6.07, 6.45) is 0. The number of likely N-dealkylation sites (N-methyl/N-ethyl adjacent to an activating group) is 2. The number of hydrogen-bond donors (Lipinski definition) is 2. The predicted molar refractivity (Wildman–Crippen MR) is 116 cm³/mol. The van der Waals surface area contributed by atoms with Crippen molar-refractivity contribution in [2.45, 2.75) is 0 Å². The van der Waals surface area contributed by atoms with Gasteiger partial charge < -0.3 is 29.2 Å². The van der Waals surface area contributed by atoms with Gasteiger partial charge in [-0.1, -0.05) is 24.3 Å². The molecule has 0 spiro atoms. The number of nitrogens with one attached hydrogen (secondary N) is 2. The molecular weight excluding hydrogens is 431 g/mol. The first-order valence-corrected chi connectivity index (χ1v) is 10.1. The summed E-state index contributed by atoms with van der Waals surface area (Å²) in [5.74, 6) is 4.16. The number of benzene rings is 2. The Morgan fingerprint density at radius 1 is 0.581 bits per heavy atom. The minimum atomic E-state index is 0. The van der Waals surface area contributed by atoms with Gasteiger partial charge in [-0.3, -0.25) is 19.8 Å². The quantitative estimate of drug-likeness (QED) is 0.402. The molecule has 2 N–H and O–H groups in total. The monoisotopic (exact) mass is 456 g/mol. The van der Waals surface area contributed by atoms with Crippen LogP contribution in [0.15, 0.2) is 65.1 Å². The lowest BCUT2D eigenvalue weighted by Gasteiger charge is -2.03. The standard InChI is InChI=1S/C24H24N4O.2ClH/c1-27-15-13-25-23(27)19-7-3-17(4-8-19)21-11-12-22(29-21)18-5-9-20(10-6-18)24-26-14-16-28(24)2;;/h3-12H,13-16H2,1-2H3;2*1H. The summed E-state index contributed by atoms with van der Waals surface area (Å²) < 4.78 is 10.7. The van der Waals surface area contributed by atoms with Gasteiger partial charge >= 0.3 is 0 Å². The molecular formula is C24H26Cl2N4O. The SMILES string of the molecule is C[N+]1=C(c2ccc(-c3ccc(-c4ccc(C5=[N+](C)CCN5)cc4)o3)cc2)NCC1.[Cl-].[Cl-]. The number of halogens is 2. The number of hydrogen-bond acceptors (Lipinski definition) is 3. The second-order valence-electron chi connectivity index (χ2n) is 7.71. The first-order valence-electron chi connectivity index (χ1n) is 10.1. The highest BCUT2D eigenvalue weighted by molar-refractivity contribution is 5.96. The van der Waals surface area contributed by atoms with E-state index in [9.17, 15) is 0 Å². The van der Waals surface area contributed by atoms with E-state index in [1.165, 1.54) is 22.8 Å². The molecule has 0 atom stereocenters. The van der Waals surface area contributed by atoms with Crippen LogP contribution in [-0.2, 0) is 0 Å². The third-order valence-electron chi connectivity index (χ3n) is 5.73. The Balaban J connectivity index is 0.00000136. The van der Waals surface area contributed by atoms with Gasteiger partial charge in [0.15, 0.2) is 0 Å². The van der Waals surface area contributed by atoms with E-state index in [2.05, 4.69) is 82.4 Å². The lowest BCUT2D eigenvalue weighted by molar-refractivity contribution is -0.486. The summed E-state index contributed by atoms with van der Waals surface area (Å²) in [7, 11) is 4.24. The predicted octanol–water partition coefficient (Wildman–Crippen LogP) is -3.39. The topological polar surface area (TPSA) is 43.2 Å². The van der Waals surface area contributed by atoms with Crippen LogP contribution in [0.1, 0.15) is 11.1 Å². The molecule has 5 rings (SSSR count). The first kappa shape index (κ1) is 22.9. The Kier molecular flexibility index (Phi) is 7.08. The molecule has 0 saturated heterocycles. The molecule has 0 bridgehead atoms. The van der Waals surface area contributed by atoms with Crippen molar-refractivity contribution in [1.29, 1.82) is 0 Å². The molecule has 3 heterocycles. The second kappa shape index (κ2) is 9.58. The third kappa shape index (κ3) is 4.48.